The van der Waals surface area contributed by atoms with Gasteiger partial charge in [-0.1, -0.05) is 0 Å². The van der Waals surface area contributed by atoms with Crippen molar-refractivity contribution in [3.63, 3.8) is 0 Å². The lowest BCUT2D eigenvalue weighted by Crippen LogP contribution is -2.03. The number of H-pyrrole nitrogens is 1. The number of nitriles is 1. The van der Waals surface area contributed by atoms with Gasteiger partial charge in [-0.15, -0.1) is 0 Å². The quantitative estimate of drug-likeness (QED) is 0.762. The summed E-state index contributed by atoms with van der Waals surface area (Å²) in [5, 5.41) is 10.5. The number of aromatic nitrogens is 1. The molecule has 3 rings (SSSR count). The van der Waals surface area contributed by atoms with Gasteiger partial charge in [-0.25, -0.2) is 0 Å². The van der Waals surface area contributed by atoms with Gasteiger partial charge >= 0.3 is 0 Å². The zero-order valence-corrected chi connectivity index (χ0v) is 10.5. The Hall–Kier alpha value is -2.54. The highest BCUT2D eigenvalue weighted by Gasteiger charge is 2.10. The maximum Gasteiger partial charge on any atom is 0.248 e. The van der Waals surface area contributed by atoms with Gasteiger partial charge in [0.25, 0.3) is 0 Å². The average Bonchev–Trinajstić information content (AvgIpc) is 2.79. The van der Waals surface area contributed by atoms with Crippen LogP contribution in [0.15, 0.2) is 33.5 Å². The van der Waals surface area contributed by atoms with E-state index in [0.717, 1.165) is 33.2 Å². The second kappa shape index (κ2) is 4.29. The lowest BCUT2D eigenvalue weighted by molar-refractivity contribution is 0.553. The fourth-order valence-corrected chi connectivity index (χ4v) is 2.36. The fourth-order valence-electron chi connectivity index (χ4n) is 2.36. The minimum atomic E-state index is -0.119. The molecule has 2 aromatic heterocycles. The smallest absolute Gasteiger partial charge is 0.248 e. The van der Waals surface area contributed by atoms with Gasteiger partial charge in [0, 0.05) is 29.7 Å². The van der Waals surface area contributed by atoms with Gasteiger partial charge in [0.1, 0.15) is 11.3 Å². The first-order valence-corrected chi connectivity index (χ1v) is 6.11. The predicted octanol–water partition coefficient (Wildman–Crippen LogP) is 3.04. The average molecular weight is 252 g/mol. The number of aromatic amines is 1. The molecule has 0 saturated heterocycles. The normalized spacial score (nSPS) is 10.9. The number of benzene rings is 1. The number of hydrogen-bond donors (Lipinski definition) is 1. The molecule has 94 valence electrons. The summed E-state index contributed by atoms with van der Waals surface area (Å²) in [7, 11) is 0. The molecular weight excluding hydrogens is 240 g/mol. The molecule has 0 spiro atoms. The number of pyridine rings is 1. The third-order valence-electron chi connectivity index (χ3n) is 3.22. The number of hydrogen-bond acceptors (Lipinski definition) is 3. The Labute approximate surface area is 109 Å². The van der Waals surface area contributed by atoms with E-state index < -0.39 is 0 Å². The van der Waals surface area contributed by atoms with Crippen molar-refractivity contribution >= 4 is 21.9 Å². The summed E-state index contributed by atoms with van der Waals surface area (Å²) in [4.78, 5) is 14.2. The highest BCUT2D eigenvalue weighted by atomic mass is 16.3. The summed E-state index contributed by atoms with van der Waals surface area (Å²) in [6, 6.07) is 9.34. The van der Waals surface area contributed by atoms with Crippen LogP contribution in [0.4, 0.5) is 0 Å². The molecule has 1 N–H and O–H groups in total. The van der Waals surface area contributed by atoms with Crippen LogP contribution in [0.1, 0.15) is 17.7 Å². The zero-order chi connectivity index (χ0) is 13.4. The van der Waals surface area contributed by atoms with E-state index in [4.69, 9.17) is 9.68 Å². The molecule has 0 fully saturated rings. The second-order valence-corrected chi connectivity index (χ2v) is 4.59. The summed E-state index contributed by atoms with van der Waals surface area (Å²) in [6.07, 6.45) is 1.04. The van der Waals surface area contributed by atoms with Gasteiger partial charge in [0.05, 0.1) is 11.6 Å². The molecule has 0 aliphatic carbocycles. The van der Waals surface area contributed by atoms with E-state index >= 15 is 0 Å². The van der Waals surface area contributed by atoms with Crippen LogP contribution in [0, 0.1) is 18.3 Å². The molecule has 0 amide bonds. The van der Waals surface area contributed by atoms with Crippen molar-refractivity contribution in [1.82, 2.24) is 4.98 Å². The zero-order valence-electron chi connectivity index (χ0n) is 10.5. The van der Waals surface area contributed by atoms with Gasteiger partial charge in [-0.3, -0.25) is 4.79 Å². The van der Waals surface area contributed by atoms with Crippen molar-refractivity contribution in [2.45, 2.75) is 19.8 Å². The maximum atomic E-state index is 11.4. The molecule has 0 bridgehead atoms. The lowest BCUT2D eigenvalue weighted by Gasteiger charge is -2.02. The standard InChI is InChI=1S/C15H12N2O2/c1-9-7-10-8-11(3-2-6-16)19-15(10)12-4-5-13(18)17-14(9)12/h4-5,7-8H,2-3H2,1H3,(H,17,18). The minimum absolute atomic E-state index is 0.119. The molecule has 0 aliphatic heterocycles. The lowest BCUT2D eigenvalue weighted by atomic mass is 10.1. The first-order chi connectivity index (χ1) is 9.19. The van der Waals surface area contributed by atoms with Crippen molar-refractivity contribution in [1.29, 1.82) is 5.26 Å². The number of nitrogens with one attached hydrogen (secondary N) is 1. The first-order valence-electron chi connectivity index (χ1n) is 6.11. The van der Waals surface area contributed by atoms with Crippen molar-refractivity contribution < 1.29 is 4.42 Å². The van der Waals surface area contributed by atoms with Gasteiger partial charge < -0.3 is 9.40 Å². The Morgan fingerprint density at radius 1 is 1.37 bits per heavy atom. The third kappa shape index (κ3) is 1.89. The minimum Gasteiger partial charge on any atom is -0.460 e. The SMILES string of the molecule is Cc1cc2cc(CCC#N)oc2c2ccc(=O)[nH]c12. The number of rotatable bonds is 2. The van der Waals surface area contributed by atoms with Crippen molar-refractivity contribution in [3.8, 4) is 6.07 Å². The molecule has 4 heteroatoms. The van der Waals surface area contributed by atoms with Crippen molar-refractivity contribution in [2.24, 2.45) is 0 Å². The molecular formula is C15H12N2O2. The summed E-state index contributed by atoms with van der Waals surface area (Å²) in [5.41, 5.74) is 2.46. The van der Waals surface area contributed by atoms with E-state index in [9.17, 15) is 4.79 Å². The van der Waals surface area contributed by atoms with Crippen LogP contribution in [0.2, 0.25) is 0 Å². The summed E-state index contributed by atoms with van der Waals surface area (Å²) < 4.78 is 5.81. The first kappa shape index (κ1) is 11.5. The molecule has 0 radical (unpaired) electrons. The van der Waals surface area contributed by atoms with Gasteiger partial charge in [0.2, 0.25) is 5.56 Å². The van der Waals surface area contributed by atoms with Gasteiger partial charge in [-0.05, 0) is 30.7 Å². The summed E-state index contributed by atoms with van der Waals surface area (Å²) in [5.74, 6) is 0.801. The van der Waals surface area contributed by atoms with Gasteiger partial charge in [0.15, 0.2) is 0 Å². The molecule has 2 heterocycles. The molecule has 0 atom stereocenters. The highest BCUT2D eigenvalue weighted by molar-refractivity contribution is 6.04. The Morgan fingerprint density at radius 2 is 2.21 bits per heavy atom. The largest absolute Gasteiger partial charge is 0.460 e. The number of aryl methyl sites for hydroxylation is 2. The molecule has 19 heavy (non-hydrogen) atoms. The van der Waals surface area contributed by atoms with Gasteiger partial charge in [-0.2, -0.15) is 5.26 Å². The van der Waals surface area contributed by atoms with Crippen LogP contribution in [0.5, 0.6) is 0 Å². The van der Waals surface area contributed by atoms with Crippen LogP contribution in [0.3, 0.4) is 0 Å². The molecule has 4 nitrogen and oxygen atoms in total. The van der Waals surface area contributed by atoms with Crippen LogP contribution in [0.25, 0.3) is 21.9 Å². The van der Waals surface area contributed by atoms with E-state index in [1.165, 1.54) is 6.07 Å². The topological polar surface area (TPSA) is 69.8 Å². The molecule has 1 aromatic carbocycles. The number of nitrogens with zero attached hydrogens (tertiary/aromatic N) is 1. The number of furan rings is 1. The van der Waals surface area contributed by atoms with E-state index in [1.54, 1.807) is 6.07 Å². The third-order valence-corrected chi connectivity index (χ3v) is 3.22. The Kier molecular flexibility index (Phi) is 2.60. The van der Waals surface area contributed by atoms with Crippen LogP contribution < -0.4 is 5.56 Å². The molecule has 0 aliphatic rings. The van der Waals surface area contributed by atoms with E-state index in [-0.39, 0.29) is 5.56 Å². The van der Waals surface area contributed by atoms with Crippen LogP contribution in [-0.4, -0.2) is 4.98 Å². The molecule has 0 saturated carbocycles. The molecule has 0 unspecified atom stereocenters. The van der Waals surface area contributed by atoms with Crippen LogP contribution >= 0.6 is 0 Å². The fraction of sp³-hybridized carbons (Fsp3) is 0.200. The summed E-state index contributed by atoms with van der Waals surface area (Å²) >= 11 is 0. The number of fused-ring (bicyclic) bond motifs is 3. The highest BCUT2D eigenvalue weighted by Crippen LogP contribution is 2.29. The van der Waals surface area contributed by atoms with E-state index in [0.29, 0.717) is 12.8 Å². The summed E-state index contributed by atoms with van der Waals surface area (Å²) in [6.45, 7) is 1.96. The monoisotopic (exact) mass is 252 g/mol. The van der Waals surface area contributed by atoms with E-state index in [2.05, 4.69) is 11.1 Å². The Morgan fingerprint density at radius 3 is 3.00 bits per heavy atom. The van der Waals surface area contributed by atoms with Crippen molar-refractivity contribution in [3.05, 3.63) is 45.9 Å². The predicted molar refractivity (Wildman–Crippen MR) is 73.0 cm³/mol. The Balaban J connectivity index is 2.30. The molecule has 3 aromatic rings. The Bertz CT molecular complexity index is 865. The van der Waals surface area contributed by atoms with Crippen molar-refractivity contribution in [2.75, 3.05) is 0 Å². The second-order valence-electron chi connectivity index (χ2n) is 4.59. The maximum absolute atomic E-state index is 11.4. The van der Waals surface area contributed by atoms with E-state index in [1.807, 2.05) is 19.1 Å². The van der Waals surface area contributed by atoms with Crippen LogP contribution in [-0.2, 0) is 6.42 Å².